The Morgan fingerprint density at radius 1 is 1.57 bits per heavy atom. The number of carbonyl (C=O) groups excluding carboxylic acids is 1. The highest BCUT2D eigenvalue weighted by atomic mass is 127. The smallest absolute Gasteiger partial charge is 0.221 e. The lowest BCUT2D eigenvalue weighted by molar-refractivity contribution is -0.114. The Morgan fingerprint density at radius 3 is 2.71 bits per heavy atom. The molecule has 1 aromatic carbocycles. The number of hydrogen-bond donors (Lipinski definition) is 1. The number of amides is 1. The van der Waals surface area contributed by atoms with E-state index in [0.29, 0.717) is 11.3 Å². The molecule has 72 valence electrons. The molecule has 0 aliphatic rings. The predicted octanol–water partition coefficient (Wildman–Crippen LogP) is 2.43. The molecule has 1 N–H and O–H groups in total. The number of hydrogen-bond acceptors (Lipinski definition) is 2. The van der Waals surface area contributed by atoms with Crippen molar-refractivity contribution in [2.75, 3.05) is 5.32 Å². The van der Waals surface area contributed by atoms with E-state index >= 15 is 0 Å². The van der Waals surface area contributed by atoms with E-state index in [2.05, 4.69) is 34.0 Å². The van der Waals surface area contributed by atoms with E-state index in [-0.39, 0.29) is 5.91 Å². The first-order valence-corrected chi connectivity index (χ1v) is 5.11. The average molecular weight is 300 g/mol. The van der Waals surface area contributed by atoms with Crippen molar-refractivity contribution in [3.63, 3.8) is 0 Å². The van der Waals surface area contributed by atoms with Gasteiger partial charge < -0.3 is 5.32 Å². The molecular weight excluding hydrogens is 291 g/mol. The monoisotopic (exact) mass is 300 g/mol. The van der Waals surface area contributed by atoms with Crippen molar-refractivity contribution in [2.45, 2.75) is 13.8 Å². The molecule has 0 saturated heterocycles. The van der Waals surface area contributed by atoms with Gasteiger partial charge in [-0.2, -0.15) is 5.26 Å². The number of nitrogens with zero attached hydrogens (tertiary/aromatic N) is 1. The second-order valence-corrected chi connectivity index (χ2v) is 4.05. The fourth-order valence-electron chi connectivity index (χ4n) is 1.12. The van der Waals surface area contributed by atoms with Crippen LogP contribution in [-0.4, -0.2) is 5.91 Å². The van der Waals surface area contributed by atoms with Gasteiger partial charge in [0, 0.05) is 10.5 Å². The highest BCUT2D eigenvalue weighted by Gasteiger charge is 2.08. The third-order valence-electron chi connectivity index (χ3n) is 1.82. The van der Waals surface area contributed by atoms with Crippen LogP contribution in [-0.2, 0) is 4.79 Å². The second kappa shape index (κ2) is 4.42. The molecule has 0 radical (unpaired) electrons. The van der Waals surface area contributed by atoms with Crippen molar-refractivity contribution < 1.29 is 4.79 Å². The fraction of sp³-hybridized carbons (Fsp3) is 0.200. The standard InChI is InChI=1S/C10H9IN2O/c1-6-8(5-12)10(13-7(2)14)4-3-9(6)11/h3-4H,1-2H3,(H,13,14). The van der Waals surface area contributed by atoms with Crippen LogP contribution in [0.3, 0.4) is 0 Å². The van der Waals surface area contributed by atoms with Gasteiger partial charge in [-0.1, -0.05) is 0 Å². The van der Waals surface area contributed by atoms with Crippen molar-refractivity contribution in [2.24, 2.45) is 0 Å². The maximum absolute atomic E-state index is 10.9. The first-order chi connectivity index (χ1) is 6.56. The minimum Gasteiger partial charge on any atom is -0.325 e. The summed E-state index contributed by atoms with van der Waals surface area (Å²) in [5.74, 6) is -0.165. The lowest BCUT2D eigenvalue weighted by Crippen LogP contribution is -2.08. The van der Waals surface area contributed by atoms with Gasteiger partial charge in [-0.3, -0.25) is 4.79 Å². The molecule has 0 aliphatic carbocycles. The Kier molecular flexibility index (Phi) is 3.47. The van der Waals surface area contributed by atoms with Crippen LogP contribution in [0.1, 0.15) is 18.1 Å². The maximum Gasteiger partial charge on any atom is 0.221 e. The van der Waals surface area contributed by atoms with Gasteiger partial charge in [0.25, 0.3) is 0 Å². The molecular formula is C10H9IN2O. The van der Waals surface area contributed by atoms with Gasteiger partial charge in [0.05, 0.1) is 11.3 Å². The van der Waals surface area contributed by atoms with Crippen molar-refractivity contribution in [3.8, 4) is 6.07 Å². The van der Waals surface area contributed by atoms with E-state index in [1.165, 1.54) is 6.92 Å². The zero-order valence-electron chi connectivity index (χ0n) is 7.89. The molecule has 0 bridgehead atoms. The minimum absolute atomic E-state index is 0.165. The lowest BCUT2D eigenvalue weighted by Gasteiger charge is -2.08. The average Bonchev–Trinajstić information content (AvgIpc) is 2.11. The third kappa shape index (κ3) is 2.23. The van der Waals surface area contributed by atoms with Crippen molar-refractivity contribution >= 4 is 34.2 Å². The Morgan fingerprint density at radius 2 is 2.21 bits per heavy atom. The van der Waals surface area contributed by atoms with Gasteiger partial charge in [0.2, 0.25) is 5.91 Å². The third-order valence-corrected chi connectivity index (χ3v) is 2.99. The molecule has 1 aromatic rings. The van der Waals surface area contributed by atoms with Gasteiger partial charge in [-0.05, 0) is 47.2 Å². The van der Waals surface area contributed by atoms with Gasteiger partial charge in [0.1, 0.15) is 6.07 Å². The molecule has 1 amide bonds. The molecule has 0 atom stereocenters. The van der Waals surface area contributed by atoms with Gasteiger partial charge >= 0.3 is 0 Å². The van der Waals surface area contributed by atoms with Crippen LogP contribution < -0.4 is 5.32 Å². The number of carbonyl (C=O) groups is 1. The second-order valence-electron chi connectivity index (χ2n) is 2.89. The van der Waals surface area contributed by atoms with Gasteiger partial charge in [0.15, 0.2) is 0 Å². The van der Waals surface area contributed by atoms with Gasteiger partial charge in [-0.25, -0.2) is 0 Å². The Bertz CT molecular complexity index is 421. The molecule has 3 nitrogen and oxygen atoms in total. The first-order valence-electron chi connectivity index (χ1n) is 4.03. The van der Waals surface area contributed by atoms with Gasteiger partial charge in [-0.15, -0.1) is 0 Å². The summed E-state index contributed by atoms with van der Waals surface area (Å²) in [6.07, 6.45) is 0. The van der Waals surface area contributed by atoms with Crippen molar-refractivity contribution in [1.29, 1.82) is 5.26 Å². The zero-order valence-corrected chi connectivity index (χ0v) is 10.0. The summed E-state index contributed by atoms with van der Waals surface area (Å²) in [5, 5.41) is 11.6. The molecule has 0 unspecified atom stereocenters. The predicted molar refractivity (Wildman–Crippen MR) is 62.9 cm³/mol. The van der Waals surface area contributed by atoms with Crippen molar-refractivity contribution in [3.05, 3.63) is 26.8 Å². The van der Waals surface area contributed by atoms with Crippen LogP contribution in [0, 0.1) is 21.8 Å². The molecule has 0 aliphatic heterocycles. The van der Waals surface area contributed by atoms with Crippen LogP contribution in [0.4, 0.5) is 5.69 Å². The number of nitriles is 1. The Hall–Kier alpha value is -1.09. The molecule has 14 heavy (non-hydrogen) atoms. The van der Waals surface area contributed by atoms with Crippen LogP contribution in [0.15, 0.2) is 12.1 Å². The highest BCUT2D eigenvalue weighted by Crippen LogP contribution is 2.23. The summed E-state index contributed by atoms with van der Waals surface area (Å²) in [4.78, 5) is 10.9. The fourth-order valence-corrected chi connectivity index (χ4v) is 1.57. The summed E-state index contributed by atoms with van der Waals surface area (Å²) >= 11 is 2.16. The largest absolute Gasteiger partial charge is 0.325 e. The lowest BCUT2D eigenvalue weighted by atomic mass is 10.1. The first kappa shape index (κ1) is 11.0. The van der Waals surface area contributed by atoms with E-state index in [4.69, 9.17) is 5.26 Å². The highest BCUT2D eigenvalue weighted by molar-refractivity contribution is 14.1. The molecule has 0 spiro atoms. The summed E-state index contributed by atoms with van der Waals surface area (Å²) in [6, 6.07) is 5.71. The zero-order chi connectivity index (χ0) is 10.7. The van der Waals surface area contributed by atoms with E-state index in [1.807, 2.05) is 13.0 Å². The Labute approximate surface area is 96.3 Å². The molecule has 0 aromatic heterocycles. The molecule has 0 heterocycles. The van der Waals surface area contributed by atoms with E-state index in [1.54, 1.807) is 6.07 Å². The molecule has 4 heteroatoms. The quantitative estimate of drug-likeness (QED) is 0.810. The van der Waals surface area contributed by atoms with Crippen LogP contribution >= 0.6 is 22.6 Å². The summed E-state index contributed by atoms with van der Waals surface area (Å²) in [6.45, 7) is 3.29. The minimum atomic E-state index is -0.165. The summed E-state index contributed by atoms with van der Waals surface area (Å²) in [7, 11) is 0. The van der Waals surface area contributed by atoms with E-state index < -0.39 is 0 Å². The van der Waals surface area contributed by atoms with Crippen LogP contribution in [0.25, 0.3) is 0 Å². The van der Waals surface area contributed by atoms with Crippen LogP contribution in [0.2, 0.25) is 0 Å². The maximum atomic E-state index is 10.9. The Balaban J connectivity index is 3.26. The number of rotatable bonds is 1. The van der Waals surface area contributed by atoms with Crippen LogP contribution in [0.5, 0.6) is 0 Å². The van der Waals surface area contributed by atoms with E-state index in [0.717, 1.165) is 9.13 Å². The van der Waals surface area contributed by atoms with E-state index in [9.17, 15) is 4.79 Å². The summed E-state index contributed by atoms with van der Waals surface area (Å²) in [5.41, 5.74) is 2.02. The van der Waals surface area contributed by atoms with Crippen molar-refractivity contribution in [1.82, 2.24) is 0 Å². The molecule has 0 fully saturated rings. The number of nitrogens with one attached hydrogen (secondary N) is 1. The number of halogens is 1. The summed E-state index contributed by atoms with van der Waals surface area (Å²) < 4.78 is 1.02. The normalized spacial score (nSPS) is 9.29. The number of benzene rings is 1. The SMILES string of the molecule is CC(=O)Nc1ccc(I)c(C)c1C#N. The topological polar surface area (TPSA) is 52.9 Å². The molecule has 1 rings (SSSR count). The molecule has 0 saturated carbocycles. The number of anilines is 1.